The van der Waals surface area contributed by atoms with Crippen LogP contribution in [0.15, 0.2) is 47.8 Å². The van der Waals surface area contributed by atoms with Gasteiger partial charge in [0.1, 0.15) is 11.6 Å². The first-order valence-corrected chi connectivity index (χ1v) is 9.02. The molecule has 1 aliphatic rings. The van der Waals surface area contributed by atoms with Crippen LogP contribution in [0.1, 0.15) is 17.3 Å². The number of ether oxygens (including phenoxy) is 1. The molecule has 2 heterocycles. The van der Waals surface area contributed by atoms with Crippen LogP contribution in [0.5, 0.6) is 5.75 Å². The molecule has 8 heteroatoms. The summed E-state index contributed by atoms with van der Waals surface area (Å²) in [5.74, 6) is -0.773. The second kappa shape index (κ2) is 6.81. The second-order valence-corrected chi connectivity index (χ2v) is 6.79. The lowest BCUT2D eigenvalue weighted by atomic mass is 10.1. The molecule has 1 atom stereocenters. The Labute approximate surface area is 158 Å². The molecular formula is C19H14FN3O3S. The van der Waals surface area contributed by atoms with Crippen molar-refractivity contribution in [3.63, 3.8) is 0 Å². The first-order valence-electron chi connectivity index (χ1n) is 8.14. The lowest BCUT2D eigenvalue weighted by molar-refractivity contribution is -0.122. The van der Waals surface area contributed by atoms with Crippen LogP contribution < -0.4 is 15.4 Å². The van der Waals surface area contributed by atoms with Gasteiger partial charge in [-0.05, 0) is 37.3 Å². The smallest absolute Gasteiger partial charge is 0.265 e. The van der Waals surface area contributed by atoms with Gasteiger partial charge in [0.2, 0.25) is 0 Å². The minimum Gasteiger partial charge on any atom is -0.479 e. The summed E-state index contributed by atoms with van der Waals surface area (Å²) in [6.45, 7) is 1.68. The number of carbonyl (C=O) groups excluding carboxylic acids is 2. The first kappa shape index (κ1) is 17.2. The van der Waals surface area contributed by atoms with Crippen LogP contribution in [0.2, 0.25) is 0 Å². The number of aromatic nitrogens is 1. The Balaban J connectivity index is 1.55. The SMILES string of the molecule is CC1Oc2ccc(-c3csc(NC(=O)c4ccccc4F)n3)cc2NC1=O. The molecule has 2 aromatic carbocycles. The second-order valence-electron chi connectivity index (χ2n) is 5.93. The molecule has 1 aromatic heterocycles. The van der Waals surface area contributed by atoms with Crippen molar-refractivity contribution < 1.29 is 18.7 Å². The molecule has 2 amide bonds. The van der Waals surface area contributed by atoms with E-state index in [0.29, 0.717) is 22.3 Å². The van der Waals surface area contributed by atoms with Crippen LogP contribution in [0.3, 0.4) is 0 Å². The maximum absolute atomic E-state index is 13.7. The standard InChI is InChI=1S/C19H14FN3O3S/c1-10-17(24)21-14-8-11(6-7-16(14)26-10)15-9-27-19(22-15)23-18(25)12-4-2-3-5-13(12)20/h2-10H,1H3,(H,21,24)(H,22,23,25). The zero-order valence-electron chi connectivity index (χ0n) is 14.2. The summed E-state index contributed by atoms with van der Waals surface area (Å²) >= 11 is 1.23. The fraction of sp³-hybridized carbons (Fsp3) is 0.105. The molecule has 0 saturated heterocycles. The minimum atomic E-state index is -0.591. The predicted molar refractivity (Wildman–Crippen MR) is 101 cm³/mol. The van der Waals surface area contributed by atoms with Gasteiger partial charge in [-0.3, -0.25) is 14.9 Å². The fourth-order valence-electron chi connectivity index (χ4n) is 2.64. The number of anilines is 2. The summed E-state index contributed by atoms with van der Waals surface area (Å²) in [6, 6.07) is 11.1. The first-order chi connectivity index (χ1) is 13.0. The molecule has 27 heavy (non-hydrogen) atoms. The Morgan fingerprint density at radius 2 is 2.11 bits per heavy atom. The Bertz CT molecular complexity index is 1050. The van der Waals surface area contributed by atoms with Crippen molar-refractivity contribution in [3.8, 4) is 17.0 Å². The molecule has 6 nitrogen and oxygen atoms in total. The van der Waals surface area contributed by atoms with Gasteiger partial charge in [0.15, 0.2) is 11.2 Å². The van der Waals surface area contributed by atoms with Gasteiger partial charge in [0.25, 0.3) is 11.8 Å². The molecule has 0 bridgehead atoms. The molecule has 0 fully saturated rings. The average Bonchev–Trinajstić information content (AvgIpc) is 3.11. The molecular weight excluding hydrogens is 369 g/mol. The van der Waals surface area contributed by atoms with Gasteiger partial charge in [0, 0.05) is 10.9 Å². The number of nitrogens with zero attached hydrogens (tertiary/aromatic N) is 1. The van der Waals surface area contributed by atoms with Crippen LogP contribution >= 0.6 is 11.3 Å². The van der Waals surface area contributed by atoms with Gasteiger partial charge in [-0.25, -0.2) is 9.37 Å². The quantitative estimate of drug-likeness (QED) is 0.718. The van der Waals surface area contributed by atoms with E-state index in [1.165, 1.54) is 29.5 Å². The number of thiazole rings is 1. The number of halogens is 1. The van der Waals surface area contributed by atoms with Gasteiger partial charge < -0.3 is 10.1 Å². The molecule has 0 spiro atoms. The maximum Gasteiger partial charge on any atom is 0.265 e. The van der Waals surface area contributed by atoms with E-state index in [-0.39, 0.29) is 11.5 Å². The highest BCUT2D eigenvalue weighted by Gasteiger charge is 2.24. The Hall–Kier alpha value is -3.26. The van der Waals surface area contributed by atoms with Crippen molar-refractivity contribution in [2.75, 3.05) is 10.6 Å². The van der Waals surface area contributed by atoms with Crippen molar-refractivity contribution in [2.45, 2.75) is 13.0 Å². The molecule has 2 N–H and O–H groups in total. The largest absolute Gasteiger partial charge is 0.479 e. The number of rotatable bonds is 3. The summed E-state index contributed by atoms with van der Waals surface area (Å²) in [7, 11) is 0. The van der Waals surface area contributed by atoms with Crippen molar-refractivity contribution in [1.29, 1.82) is 0 Å². The van der Waals surface area contributed by atoms with E-state index in [1.807, 2.05) is 6.07 Å². The van der Waals surface area contributed by atoms with Crippen LogP contribution in [-0.4, -0.2) is 22.9 Å². The van der Waals surface area contributed by atoms with Crippen molar-refractivity contribution in [2.24, 2.45) is 0 Å². The predicted octanol–water partition coefficient (Wildman–Crippen LogP) is 3.92. The summed E-state index contributed by atoms with van der Waals surface area (Å²) in [4.78, 5) is 28.3. The summed E-state index contributed by atoms with van der Waals surface area (Å²) < 4.78 is 19.2. The van der Waals surface area contributed by atoms with E-state index in [0.717, 1.165) is 5.56 Å². The highest BCUT2D eigenvalue weighted by Crippen LogP contribution is 2.35. The number of benzene rings is 2. The van der Waals surface area contributed by atoms with Crippen molar-refractivity contribution in [1.82, 2.24) is 4.98 Å². The molecule has 0 saturated carbocycles. The van der Waals surface area contributed by atoms with E-state index in [2.05, 4.69) is 15.6 Å². The lowest BCUT2D eigenvalue weighted by Crippen LogP contribution is -2.34. The van der Waals surface area contributed by atoms with E-state index in [9.17, 15) is 14.0 Å². The Morgan fingerprint density at radius 1 is 1.30 bits per heavy atom. The molecule has 4 rings (SSSR count). The van der Waals surface area contributed by atoms with E-state index in [4.69, 9.17) is 4.74 Å². The molecule has 1 unspecified atom stereocenters. The molecule has 0 aliphatic carbocycles. The monoisotopic (exact) mass is 383 g/mol. The number of carbonyl (C=O) groups is 2. The minimum absolute atomic E-state index is 0.0444. The van der Waals surface area contributed by atoms with Crippen LogP contribution in [0.25, 0.3) is 11.3 Å². The van der Waals surface area contributed by atoms with Gasteiger partial charge in [0.05, 0.1) is 16.9 Å². The van der Waals surface area contributed by atoms with E-state index < -0.39 is 17.8 Å². The third kappa shape index (κ3) is 3.39. The summed E-state index contributed by atoms with van der Waals surface area (Å²) in [5, 5.41) is 7.51. The topological polar surface area (TPSA) is 80.3 Å². The van der Waals surface area contributed by atoms with Crippen molar-refractivity contribution in [3.05, 3.63) is 59.2 Å². The number of amides is 2. The van der Waals surface area contributed by atoms with Crippen LogP contribution in [0.4, 0.5) is 15.2 Å². The number of nitrogens with one attached hydrogen (secondary N) is 2. The Kier molecular flexibility index (Phi) is 4.33. The normalized spacial score (nSPS) is 15.5. The average molecular weight is 383 g/mol. The van der Waals surface area contributed by atoms with Crippen molar-refractivity contribution >= 4 is 34.0 Å². The number of hydrogen-bond donors (Lipinski definition) is 2. The van der Waals surface area contributed by atoms with Crippen LogP contribution in [-0.2, 0) is 4.79 Å². The molecule has 136 valence electrons. The number of hydrogen-bond acceptors (Lipinski definition) is 5. The summed E-state index contributed by atoms with van der Waals surface area (Å²) in [6.07, 6.45) is -0.539. The van der Waals surface area contributed by atoms with Gasteiger partial charge in [-0.15, -0.1) is 11.3 Å². The Morgan fingerprint density at radius 3 is 2.93 bits per heavy atom. The third-order valence-corrected chi connectivity index (χ3v) is 4.81. The lowest BCUT2D eigenvalue weighted by Gasteiger charge is -2.23. The van der Waals surface area contributed by atoms with E-state index >= 15 is 0 Å². The highest BCUT2D eigenvalue weighted by atomic mass is 32.1. The molecule has 3 aromatic rings. The zero-order valence-corrected chi connectivity index (χ0v) is 15.0. The maximum atomic E-state index is 13.7. The van der Waals surface area contributed by atoms with E-state index in [1.54, 1.807) is 30.5 Å². The van der Waals surface area contributed by atoms with Gasteiger partial charge in [-0.1, -0.05) is 12.1 Å². The fourth-order valence-corrected chi connectivity index (χ4v) is 3.36. The molecule has 0 radical (unpaired) electrons. The van der Waals surface area contributed by atoms with Gasteiger partial charge in [-0.2, -0.15) is 0 Å². The van der Waals surface area contributed by atoms with Crippen LogP contribution in [0, 0.1) is 5.82 Å². The molecule has 1 aliphatic heterocycles. The van der Waals surface area contributed by atoms with Gasteiger partial charge >= 0.3 is 0 Å². The highest BCUT2D eigenvalue weighted by molar-refractivity contribution is 7.14. The zero-order chi connectivity index (χ0) is 19.0. The number of fused-ring (bicyclic) bond motifs is 1. The summed E-state index contributed by atoms with van der Waals surface area (Å²) in [5.41, 5.74) is 1.91. The third-order valence-electron chi connectivity index (χ3n) is 4.05.